The summed E-state index contributed by atoms with van der Waals surface area (Å²) in [6.07, 6.45) is 0. The molecule has 0 bridgehead atoms. The van der Waals surface area contributed by atoms with Gasteiger partial charge in [-0.25, -0.2) is 4.98 Å². The molecule has 0 aliphatic carbocycles. The van der Waals surface area contributed by atoms with E-state index in [1.165, 1.54) is 0 Å². The molecule has 19 heavy (non-hydrogen) atoms. The molecule has 0 radical (unpaired) electrons. The molecular weight excluding hydrogens is 262 g/mol. The summed E-state index contributed by atoms with van der Waals surface area (Å²) in [5.41, 5.74) is 1.59. The van der Waals surface area contributed by atoms with Crippen LogP contribution < -0.4 is 10.2 Å². The molecule has 1 amide bonds. The van der Waals surface area contributed by atoms with Crippen LogP contribution in [-0.2, 0) is 4.79 Å². The summed E-state index contributed by atoms with van der Waals surface area (Å²) in [6.45, 7) is 1.84. The number of hydrogen-bond donors (Lipinski definition) is 1. The maximum Gasteiger partial charge on any atom is 0.247 e. The van der Waals surface area contributed by atoms with Crippen LogP contribution in [0.4, 0.5) is 17.2 Å². The van der Waals surface area contributed by atoms with Gasteiger partial charge in [-0.1, -0.05) is 29.8 Å². The van der Waals surface area contributed by atoms with E-state index in [1.54, 1.807) is 12.1 Å². The van der Waals surface area contributed by atoms with E-state index in [0.29, 0.717) is 16.7 Å². The molecular formula is C14H12ClN3O. The van der Waals surface area contributed by atoms with Gasteiger partial charge >= 0.3 is 0 Å². The largest absolute Gasteiger partial charge is 0.321 e. The smallest absolute Gasteiger partial charge is 0.247 e. The summed E-state index contributed by atoms with van der Waals surface area (Å²) in [6, 6.07) is 12.8. The summed E-state index contributed by atoms with van der Waals surface area (Å²) >= 11 is 5.96. The van der Waals surface area contributed by atoms with E-state index in [0.717, 1.165) is 5.69 Å². The lowest BCUT2D eigenvalue weighted by Gasteiger charge is -2.35. The monoisotopic (exact) mass is 273 g/mol. The molecule has 1 aliphatic rings. The van der Waals surface area contributed by atoms with E-state index in [1.807, 2.05) is 42.2 Å². The Morgan fingerprint density at radius 2 is 1.95 bits per heavy atom. The fourth-order valence-corrected chi connectivity index (χ4v) is 2.32. The van der Waals surface area contributed by atoms with Gasteiger partial charge < -0.3 is 10.2 Å². The minimum atomic E-state index is -0.333. The van der Waals surface area contributed by atoms with E-state index in [-0.39, 0.29) is 11.9 Å². The van der Waals surface area contributed by atoms with E-state index >= 15 is 0 Å². The maximum absolute atomic E-state index is 12.0. The van der Waals surface area contributed by atoms with Gasteiger partial charge in [-0.2, -0.15) is 0 Å². The number of nitrogens with one attached hydrogen (secondary N) is 1. The van der Waals surface area contributed by atoms with Crippen LogP contribution in [-0.4, -0.2) is 16.9 Å². The van der Waals surface area contributed by atoms with Crippen molar-refractivity contribution < 1.29 is 4.79 Å². The minimum Gasteiger partial charge on any atom is -0.321 e. The SMILES string of the molecule is CC1C(=O)Nc2ccc(Cl)nc2N1c1ccccc1. The highest BCUT2D eigenvalue weighted by Crippen LogP contribution is 2.36. The molecule has 1 atom stereocenters. The summed E-state index contributed by atoms with van der Waals surface area (Å²) in [4.78, 5) is 18.2. The molecule has 1 aromatic heterocycles. The maximum atomic E-state index is 12.0. The zero-order valence-electron chi connectivity index (χ0n) is 10.3. The lowest BCUT2D eigenvalue weighted by atomic mass is 10.1. The number of amides is 1. The average Bonchev–Trinajstić information content (AvgIpc) is 2.42. The highest BCUT2D eigenvalue weighted by molar-refractivity contribution is 6.29. The molecule has 2 aromatic rings. The Morgan fingerprint density at radius 3 is 2.68 bits per heavy atom. The summed E-state index contributed by atoms with van der Waals surface area (Å²) < 4.78 is 0. The predicted molar refractivity (Wildman–Crippen MR) is 75.9 cm³/mol. The Balaban J connectivity index is 2.17. The number of pyridine rings is 1. The highest BCUT2D eigenvalue weighted by atomic mass is 35.5. The van der Waals surface area contributed by atoms with Crippen LogP contribution in [0.3, 0.4) is 0 Å². The number of fused-ring (bicyclic) bond motifs is 1. The van der Waals surface area contributed by atoms with Crippen LogP contribution in [0, 0.1) is 0 Å². The van der Waals surface area contributed by atoms with Gasteiger partial charge in [0.15, 0.2) is 5.82 Å². The topological polar surface area (TPSA) is 45.2 Å². The Bertz CT molecular complexity index is 630. The molecule has 4 nitrogen and oxygen atoms in total. The summed E-state index contributed by atoms with van der Waals surface area (Å²) in [7, 11) is 0. The highest BCUT2D eigenvalue weighted by Gasteiger charge is 2.31. The molecule has 0 saturated carbocycles. The van der Waals surface area contributed by atoms with Crippen LogP contribution in [0.2, 0.25) is 5.15 Å². The molecule has 1 N–H and O–H groups in total. The Kier molecular flexibility index (Phi) is 2.87. The van der Waals surface area contributed by atoms with Crippen LogP contribution in [0.5, 0.6) is 0 Å². The van der Waals surface area contributed by atoms with E-state index in [4.69, 9.17) is 11.6 Å². The van der Waals surface area contributed by atoms with Gasteiger partial charge in [0, 0.05) is 5.69 Å². The van der Waals surface area contributed by atoms with Crippen molar-refractivity contribution in [3.8, 4) is 0 Å². The van der Waals surface area contributed by atoms with Crippen molar-refractivity contribution in [2.45, 2.75) is 13.0 Å². The molecule has 0 spiro atoms. The zero-order chi connectivity index (χ0) is 13.4. The number of hydrogen-bond acceptors (Lipinski definition) is 3. The molecule has 2 heterocycles. The number of halogens is 1. The fourth-order valence-electron chi connectivity index (χ4n) is 2.18. The number of carbonyl (C=O) groups excluding carboxylic acids is 1. The van der Waals surface area contributed by atoms with Gasteiger partial charge in [0.1, 0.15) is 11.2 Å². The van der Waals surface area contributed by atoms with E-state index < -0.39 is 0 Å². The quantitative estimate of drug-likeness (QED) is 0.812. The standard InChI is InChI=1S/C14H12ClN3O/c1-9-14(19)16-11-7-8-12(15)17-13(11)18(9)10-5-3-2-4-6-10/h2-9H,1H3,(H,16,19). The number of rotatable bonds is 1. The number of aromatic nitrogens is 1. The summed E-state index contributed by atoms with van der Waals surface area (Å²) in [5.74, 6) is 0.617. The molecule has 1 aliphatic heterocycles. The second-order valence-corrected chi connectivity index (χ2v) is 4.76. The first-order valence-electron chi connectivity index (χ1n) is 5.98. The van der Waals surface area contributed by atoms with Crippen LogP contribution in [0.25, 0.3) is 0 Å². The zero-order valence-corrected chi connectivity index (χ0v) is 11.1. The van der Waals surface area contributed by atoms with Gasteiger partial charge in [0.05, 0.1) is 5.69 Å². The second kappa shape index (κ2) is 4.55. The van der Waals surface area contributed by atoms with Crippen molar-refractivity contribution in [2.75, 3.05) is 10.2 Å². The third-order valence-corrected chi connectivity index (χ3v) is 3.34. The van der Waals surface area contributed by atoms with Crippen molar-refractivity contribution in [3.63, 3.8) is 0 Å². The van der Waals surface area contributed by atoms with Crippen LogP contribution >= 0.6 is 11.6 Å². The number of benzene rings is 1. The van der Waals surface area contributed by atoms with Gasteiger partial charge in [-0.3, -0.25) is 4.79 Å². The molecule has 0 fully saturated rings. The molecule has 0 saturated heterocycles. The molecule has 3 rings (SSSR count). The number of nitrogens with zero attached hydrogens (tertiary/aromatic N) is 2. The van der Waals surface area contributed by atoms with Crippen molar-refractivity contribution in [2.24, 2.45) is 0 Å². The van der Waals surface area contributed by atoms with Crippen LogP contribution in [0.1, 0.15) is 6.92 Å². The van der Waals surface area contributed by atoms with Crippen molar-refractivity contribution in [3.05, 3.63) is 47.6 Å². The first kappa shape index (κ1) is 12.0. The Hall–Kier alpha value is -2.07. The first-order valence-corrected chi connectivity index (χ1v) is 6.36. The van der Waals surface area contributed by atoms with E-state index in [2.05, 4.69) is 10.3 Å². The van der Waals surface area contributed by atoms with Crippen molar-refractivity contribution >= 4 is 34.7 Å². The Morgan fingerprint density at radius 1 is 1.21 bits per heavy atom. The van der Waals surface area contributed by atoms with E-state index in [9.17, 15) is 4.79 Å². The van der Waals surface area contributed by atoms with Crippen molar-refractivity contribution in [1.82, 2.24) is 4.98 Å². The molecule has 1 unspecified atom stereocenters. The van der Waals surface area contributed by atoms with Crippen LogP contribution in [0.15, 0.2) is 42.5 Å². The summed E-state index contributed by atoms with van der Waals surface area (Å²) in [5, 5.41) is 3.24. The molecule has 1 aromatic carbocycles. The van der Waals surface area contributed by atoms with Crippen molar-refractivity contribution in [1.29, 1.82) is 0 Å². The average molecular weight is 274 g/mol. The minimum absolute atomic E-state index is 0.0551. The number of para-hydroxylation sites is 1. The number of carbonyl (C=O) groups is 1. The lowest BCUT2D eigenvalue weighted by molar-refractivity contribution is -0.117. The fraction of sp³-hybridized carbons (Fsp3) is 0.143. The molecule has 96 valence electrons. The second-order valence-electron chi connectivity index (χ2n) is 4.38. The number of anilines is 3. The third kappa shape index (κ3) is 2.04. The van der Waals surface area contributed by atoms with Gasteiger partial charge in [-0.05, 0) is 31.2 Å². The Labute approximate surface area is 116 Å². The third-order valence-electron chi connectivity index (χ3n) is 3.13. The lowest BCUT2D eigenvalue weighted by Crippen LogP contribution is -2.44. The van der Waals surface area contributed by atoms with Gasteiger partial charge in [0.25, 0.3) is 0 Å². The van der Waals surface area contributed by atoms with Gasteiger partial charge in [0.2, 0.25) is 5.91 Å². The molecule has 5 heteroatoms. The first-order chi connectivity index (χ1) is 9.16. The predicted octanol–water partition coefficient (Wildman–Crippen LogP) is 3.21. The normalized spacial score (nSPS) is 17.9. The van der Waals surface area contributed by atoms with Gasteiger partial charge in [-0.15, -0.1) is 0 Å².